The van der Waals surface area contributed by atoms with Crippen LogP contribution < -0.4 is 26.4 Å². The molecule has 1 heterocycles. The van der Waals surface area contributed by atoms with Gasteiger partial charge in [0.15, 0.2) is 0 Å². The lowest BCUT2D eigenvalue weighted by atomic mass is 10.1. The zero-order valence-corrected chi connectivity index (χ0v) is 12.6. The summed E-state index contributed by atoms with van der Waals surface area (Å²) in [5, 5.41) is 8.11. The first-order valence-electron chi connectivity index (χ1n) is 7.18. The van der Waals surface area contributed by atoms with Gasteiger partial charge in [0.05, 0.1) is 12.1 Å². The number of carbonyl (C=O) groups excluding carboxylic acids is 2. The first-order valence-corrected chi connectivity index (χ1v) is 7.18. The number of hydrogen-bond acceptors (Lipinski definition) is 5. The van der Waals surface area contributed by atoms with Crippen molar-refractivity contribution in [2.45, 2.75) is 18.8 Å². The van der Waals surface area contributed by atoms with Gasteiger partial charge in [0.1, 0.15) is 5.75 Å². The number of ether oxygens (including phenoxy) is 1. The van der Waals surface area contributed by atoms with Crippen LogP contribution in [-0.2, 0) is 4.79 Å². The molecule has 1 unspecified atom stereocenters. The number of anilines is 1. The Balaban J connectivity index is 1.93. The van der Waals surface area contributed by atoms with E-state index in [0.717, 1.165) is 31.2 Å². The molecule has 2 amide bonds. The van der Waals surface area contributed by atoms with E-state index in [0.29, 0.717) is 6.54 Å². The van der Waals surface area contributed by atoms with Crippen molar-refractivity contribution in [3.8, 4) is 5.75 Å². The first-order chi connectivity index (χ1) is 11.2. The van der Waals surface area contributed by atoms with Gasteiger partial charge in [-0.25, -0.2) is 0 Å². The molecule has 1 aliphatic heterocycles. The number of carbonyl (C=O) groups is 2. The molecule has 0 spiro atoms. The highest BCUT2D eigenvalue weighted by Gasteiger charge is 2.31. The van der Waals surface area contributed by atoms with E-state index in [1.54, 1.807) is 0 Å². The molecule has 0 saturated carbocycles. The molecular formula is C14H17F3N4O3. The molecule has 5 N–H and O–H groups in total. The third kappa shape index (κ3) is 5.30. The number of amides is 2. The SMILES string of the molecule is Nc1ccc(OC(F)(F)F)cc1C(=O)NCC(=O)NC1CCNC1. The predicted octanol–water partition coefficient (Wildman–Crippen LogP) is 0.375. The Kier molecular flexibility index (Phi) is 5.50. The molecule has 0 aliphatic carbocycles. The van der Waals surface area contributed by atoms with Crippen LogP contribution in [0.2, 0.25) is 0 Å². The standard InChI is InChI=1S/C14H17F3N4O3/c15-14(16,17)24-9-1-2-11(18)10(5-9)13(23)20-7-12(22)21-8-3-4-19-6-8/h1-2,5,8,19H,3-4,6-7,18H2,(H,20,23)(H,21,22). The fraction of sp³-hybridized carbons (Fsp3) is 0.429. The zero-order valence-electron chi connectivity index (χ0n) is 12.6. The van der Waals surface area contributed by atoms with Gasteiger partial charge in [-0.2, -0.15) is 0 Å². The third-order valence-electron chi connectivity index (χ3n) is 3.34. The molecule has 2 rings (SSSR count). The molecule has 1 aromatic rings. The number of nitrogen functional groups attached to an aromatic ring is 1. The van der Waals surface area contributed by atoms with Gasteiger partial charge in [0, 0.05) is 18.3 Å². The van der Waals surface area contributed by atoms with E-state index in [4.69, 9.17) is 5.73 Å². The number of hydrogen-bond donors (Lipinski definition) is 4. The minimum absolute atomic E-state index is 0.00276. The van der Waals surface area contributed by atoms with Crippen LogP contribution in [0.4, 0.5) is 18.9 Å². The van der Waals surface area contributed by atoms with Crippen LogP contribution >= 0.6 is 0 Å². The van der Waals surface area contributed by atoms with Crippen molar-refractivity contribution in [2.24, 2.45) is 0 Å². The van der Waals surface area contributed by atoms with Crippen LogP contribution in [0.1, 0.15) is 16.8 Å². The van der Waals surface area contributed by atoms with E-state index in [9.17, 15) is 22.8 Å². The van der Waals surface area contributed by atoms with E-state index in [1.165, 1.54) is 0 Å². The van der Waals surface area contributed by atoms with Crippen molar-refractivity contribution < 1.29 is 27.5 Å². The minimum atomic E-state index is -4.88. The quantitative estimate of drug-likeness (QED) is 0.577. The van der Waals surface area contributed by atoms with Gasteiger partial charge in [-0.3, -0.25) is 9.59 Å². The number of rotatable bonds is 5. The molecule has 1 aromatic carbocycles. The van der Waals surface area contributed by atoms with E-state index < -0.39 is 23.9 Å². The number of benzene rings is 1. The summed E-state index contributed by atoms with van der Waals surface area (Å²) >= 11 is 0. The highest BCUT2D eigenvalue weighted by atomic mass is 19.4. The maximum Gasteiger partial charge on any atom is 0.573 e. The smallest absolute Gasteiger partial charge is 0.406 e. The maximum atomic E-state index is 12.2. The lowest BCUT2D eigenvalue weighted by Gasteiger charge is -2.13. The van der Waals surface area contributed by atoms with Gasteiger partial charge in [-0.05, 0) is 31.2 Å². The Morgan fingerprint density at radius 3 is 2.75 bits per heavy atom. The molecule has 0 aromatic heterocycles. The van der Waals surface area contributed by atoms with Crippen molar-refractivity contribution in [1.82, 2.24) is 16.0 Å². The van der Waals surface area contributed by atoms with Crippen LogP contribution in [-0.4, -0.2) is 43.9 Å². The maximum absolute atomic E-state index is 12.2. The van der Waals surface area contributed by atoms with Crippen molar-refractivity contribution in [3.63, 3.8) is 0 Å². The number of halogens is 3. The first kappa shape index (κ1) is 17.9. The van der Waals surface area contributed by atoms with Crippen molar-refractivity contribution >= 4 is 17.5 Å². The van der Waals surface area contributed by atoms with Gasteiger partial charge in [0.2, 0.25) is 5.91 Å². The minimum Gasteiger partial charge on any atom is -0.406 e. The van der Waals surface area contributed by atoms with Gasteiger partial charge in [0.25, 0.3) is 5.91 Å². The molecule has 10 heteroatoms. The Hall–Kier alpha value is -2.49. The molecule has 24 heavy (non-hydrogen) atoms. The van der Waals surface area contributed by atoms with Gasteiger partial charge < -0.3 is 26.4 Å². The predicted molar refractivity (Wildman–Crippen MR) is 79.3 cm³/mol. The fourth-order valence-electron chi connectivity index (χ4n) is 2.24. The van der Waals surface area contributed by atoms with Crippen LogP contribution in [0.25, 0.3) is 0 Å². The molecule has 0 radical (unpaired) electrons. The Morgan fingerprint density at radius 2 is 2.12 bits per heavy atom. The Morgan fingerprint density at radius 1 is 1.38 bits per heavy atom. The molecule has 1 aliphatic rings. The second kappa shape index (κ2) is 7.39. The average molecular weight is 346 g/mol. The third-order valence-corrected chi connectivity index (χ3v) is 3.34. The van der Waals surface area contributed by atoms with Crippen molar-refractivity contribution in [3.05, 3.63) is 23.8 Å². The summed E-state index contributed by atoms with van der Waals surface area (Å²) in [4.78, 5) is 23.7. The summed E-state index contributed by atoms with van der Waals surface area (Å²) in [6.45, 7) is 1.16. The molecule has 1 fully saturated rings. The van der Waals surface area contributed by atoms with Crippen LogP contribution in [0.3, 0.4) is 0 Å². The van der Waals surface area contributed by atoms with Gasteiger partial charge in [-0.15, -0.1) is 13.2 Å². The molecule has 7 nitrogen and oxygen atoms in total. The molecule has 132 valence electrons. The topological polar surface area (TPSA) is 105 Å². The van der Waals surface area contributed by atoms with Crippen LogP contribution in [0, 0.1) is 0 Å². The summed E-state index contributed by atoms with van der Waals surface area (Å²) < 4.78 is 40.4. The molecular weight excluding hydrogens is 329 g/mol. The summed E-state index contributed by atoms with van der Waals surface area (Å²) in [6, 6.07) is 3.00. The largest absolute Gasteiger partial charge is 0.573 e. The lowest BCUT2D eigenvalue weighted by molar-refractivity contribution is -0.274. The summed E-state index contributed by atoms with van der Waals surface area (Å²) in [7, 11) is 0. The van der Waals surface area contributed by atoms with E-state index in [1.807, 2.05) is 0 Å². The van der Waals surface area contributed by atoms with Gasteiger partial charge >= 0.3 is 6.36 Å². The zero-order chi connectivity index (χ0) is 17.7. The normalized spacial score (nSPS) is 17.4. The highest BCUT2D eigenvalue weighted by Crippen LogP contribution is 2.25. The fourth-order valence-corrected chi connectivity index (χ4v) is 2.24. The highest BCUT2D eigenvalue weighted by molar-refractivity contribution is 6.01. The van der Waals surface area contributed by atoms with Crippen molar-refractivity contribution in [1.29, 1.82) is 0 Å². The van der Waals surface area contributed by atoms with Gasteiger partial charge in [-0.1, -0.05) is 0 Å². The molecule has 1 saturated heterocycles. The number of alkyl halides is 3. The van der Waals surface area contributed by atoms with E-state index in [2.05, 4.69) is 20.7 Å². The van der Waals surface area contributed by atoms with Crippen LogP contribution in [0.15, 0.2) is 18.2 Å². The summed E-state index contributed by atoms with van der Waals surface area (Å²) in [5.74, 6) is -1.72. The van der Waals surface area contributed by atoms with E-state index in [-0.39, 0.29) is 23.8 Å². The summed E-state index contributed by atoms with van der Waals surface area (Å²) in [6.07, 6.45) is -4.08. The van der Waals surface area contributed by atoms with E-state index >= 15 is 0 Å². The lowest BCUT2D eigenvalue weighted by Crippen LogP contribution is -2.42. The Labute approximate surface area is 135 Å². The monoisotopic (exact) mass is 346 g/mol. The second-order valence-corrected chi connectivity index (χ2v) is 5.24. The van der Waals surface area contributed by atoms with Crippen LogP contribution in [0.5, 0.6) is 5.75 Å². The summed E-state index contributed by atoms with van der Waals surface area (Å²) in [5.41, 5.74) is 5.36. The molecule has 0 bridgehead atoms. The van der Waals surface area contributed by atoms with Crippen molar-refractivity contribution in [2.75, 3.05) is 25.4 Å². The Bertz CT molecular complexity index is 616. The average Bonchev–Trinajstić information content (AvgIpc) is 2.98. The second-order valence-electron chi connectivity index (χ2n) is 5.24. The number of nitrogens with one attached hydrogen (secondary N) is 3. The number of nitrogens with two attached hydrogens (primary N) is 1. The molecule has 1 atom stereocenters.